The van der Waals surface area contributed by atoms with Crippen LogP contribution in [-0.2, 0) is 4.79 Å². The van der Waals surface area contributed by atoms with E-state index in [2.05, 4.69) is 12.2 Å². The SMILES string of the molecule is CC1CCCC(NC(=O)C2(C(N)=S)CC2)C1. The Morgan fingerprint density at radius 1 is 1.44 bits per heavy atom. The van der Waals surface area contributed by atoms with Crippen molar-refractivity contribution >= 4 is 23.1 Å². The number of amides is 1. The molecule has 0 aliphatic heterocycles. The molecule has 4 heteroatoms. The van der Waals surface area contributed by atoms with E-state index in [4.69, 9.17) is 18.0 Å². The second-order valence-corrected chi connectivity index (χ2v) is 5.83. The second kappa shape index (κ2) is 4.32. The van der Waals surface area contributed by atoms with Gasteiger partial charge in [0.15, 0.2) is 0 Å². The molecule has 0 bridgehead atoms. The number of carbonyl (C=O) groups is 1. The molecule has 0 spiro atoms. The smallest absolute Gasteiger partial charge is 0.233 e. The zero-order valence-corrected chi connectivity index (χ0v) is 10.6. The molecule has 0 aromatic rings. The summed E-state index contributed by atoms with van der Waals surface area (Å²) in [7, 11) is 0. The summed E-state index contributed by atoms with van der Waals surface area (Å²) in [5.41, 5.74) is 5.15. The minimum atomic E-state index is -0.490. The number of carbonyl (C=O) groups excluding carboxylic acids is 1. The van der Waals surface area contributed by atoms with Crippen molar-refractivity contribution in [2.45, 2.75) is 51.5 Å². The standard InChI is InChI=1S/C12H20N2OS/c1-8-3-2-4-9(7-8)14-11(15)12(5-6-12)10(13)16/h8-9H,2-7H2,1H3,(H2,13,16)(H,14,15). The second-order valence-electron chi connectivity index (χ2n) is 5.39. The highest BCUT2D eigenvalue weighted by Gasteiger charge is 2.53. The predicted octanol–water partition coefficient (Wildman–Crippen LogP) is 1.75. The van der Waals surface area contributed by atoms with E-state index in [0.717, 1.165) is 31.6 Å². The molecule has 90 valence electrons. The molecular formula is C12H20N2OS. The van der Waals surface area contributed by atoms with Gasteiger partial charge in [0.1, 0.15) is 0 Å². The lowest BCUT2D eigenvalue weighted by molar-refractivity contribution is -0.125. The molecule has 2 rings (SSSR count). The molecule has 2 fully saturated rings. The first-order valence-corrected chi connectivity index (χ1v) is 6.56. The van der Waals surface area contributed by atoms with Gasteiger partial charge in [0.25, 0.3) is 0 Å². The van der Waals surface area contributed by atoms with Crippen molar-refractivity contribution in [3.8, 4) is 0 Å². The summed E-state index contributed by atoms with van der Waals surface area (Å²) >= 11 is 4.98. The van der Waals surface area contributed by atoms with Gasteiger partial charge in [-0.05, 0) is 31.6 Å². The Morgan fingerprint density at radius 2 is 2.12 bits per heavy atom. The number of rotatable bonds is 3. The first kappa shape index (κ1) is 11.8. The molecule has 0 aromatic heterocycles. The van der Waals surface area contributed by atoms with Gasteiger partial charge in [-0.15, -0.1) is 0 Å². The van der Waals surface area contributed by atoms with Crippen LogP contribution in [0.25, 0.3) is 0 Å². The van der Waals surface area contributed by atoms with E-state index in [1.54, 1.807) is 0 Å². The summed E-state index contributed by atoms with van der Waals surface area (Å²) in [4.78, 5) is 12.4. The van der Waals surface area contributed by atoms with E-state index in [0.29, 0.717) is 11.0 Å². The van der Waals surface area contributed by atoms with E-state index in [-0.39, 0.29) is 5.91 Å². The van der Waals surface area contributed by atoms with Crippen LogP contribution in [0.5, 0.6) is 0 Å². The van der Waals surface area contributed by atoms with E-state index < -0.39 is 5.41 Å². The van der Waals surface area contributed by atoms with E-state index in [1.165, 1.54) is 12.8 Å². The number of nitrogens with two attached hydrogens (primary N) is 1. The third kappa shape index (κ3) is 2.21. The molecule has 2 unspecified atom stereocenters. The van der Waals surface area contributed by atoms with Crippen LogP contribution in [0, 0.1) is 11.3 Å². The number of hydrogen-bond acceptors (Lipinski definition) is 2. The largest absolute Gasteiger partial charge is 0.392 e. The minimum Gasteiger partial charge on any atom is -0.392 e. The normalized spacial score (nSPS) is 31.8. The average Bonchev–Trinajstić information content (AvgIpc) is 2.97. The third-order valence-electron chi connectivity index (χ3n) is 3.93. The Labute approximate surface area is 102 Å². The van der Waals surface area contributed by atoms with E-state index in [9.17, 15) is 4.79 Å². The summed E-state index contributed by atoms with van der Waals surface area (Å²) in [5.74, 6) is 0.790. The van der Waals surface area contributed by atoms with Gasteiger partial charge in [0.05, 0.1) is 10.4 Å². The molecule has 2 saturated carbocycles. The Balaban J connectivity index is 1.90. The zero-order chi connectivity index (χ0) is 11.8. The lowest BCUT2D eigenvalue weighted by Gasteiger charge is -2.28. The maximum Gasteiger partial charge on any atom is 0.233 e. The molecule has 3 nitrogen and oxygen atoms in total. The molecule has 2 aliphatic carbocycles. The van der Waals surface area contributed by atoms with Crippen LogP contribution in [0.3, 0.4) is 0 Å². The van der Waals surface area contributed by atoms with Crippen LogP contribution in [-0.4, -0.2) is 16.9 Å². The summed E-state index contributed by atoms with van der Waals surface area (Å²) in [5, 5.41) is 3.13. The molecule has 1 amide bonds. The Hall–Kier alpha value is -0.640. The van der Waals surface area contributed by atoms with Crippen molar-refractivity contribution in [1.29, 1.82) is 0 Å². The van der Waals surface area contributed by atoms with Crippen LogP contribution >= 0.6 is 12.2 Å². The first-order valence-electron chi connectivity index (χ1n) is 6.15. The summed E-state index contributed by atoms with van der Waals surface area (Å²) in [6.07, 6.45) is 6.36. The summed E-state index contributed by atoms with van der Waals surface area (Å²) < 4.78 is 0. The van der Waals surface area contributed by atoms with Crippen LogP contribution in [0.1, 0.15) is 45.4 Å². The maximum absolute atomic E-state index is 12.1. The molecule has 0 saturated heterocycles. The zero-order valence-electron chi connectivity index (χ0n) is 9.79. The highest BCUT2D eigenvalue weighted by Crippen LogP contribution is 2.46. The van der Waals surface area contributed by atoms with E-state index >= 15 is 0 Å². The topological polar surface area (TPSA) is 55.1 Å². The third-order valence-corrected chi connectivity index (χ3v) is 4.32. The van der Waals surface area contributed by atoms with Crippen molar-refractivity contribution in [3.05, 3.63) is 0 Å². The van der Waals surface area contributed by atoms with Gasteiger partial charge in [0, 0.05) is 6.04 Å². The molecule has 0 aromatic carbocycles. The van der Waals surface area contributed by atoms with Gasteiger partial charge in [-0.1, -0.05) is 32.0 Å². The lowest BCUT2D eigenvalue weighted by atomic mass is 9.86. The van der Waals surface area contributed by atoms with Gasteiger partial charge >= 0.3 is 0 Å². The van der Waals surface area contributed by atoms with Crippen molar-refractivity contribution in [3.63, 3.8) is 0 Å². The predicted molar refractivity (Wildman–Crippen MR) is 68.0 cm³/mol. The van der Waals surface area contributed by atoms with Crippen molar-refractivity contribution < 1.29 is 4.79 Å². The summed E-state index contributed by atoms with van der Waals surface area (Å²) in [6, 6.07) is 0.336. The number of nitrogens with one attached hydrogen (secondary N) is 1. The molecule has 2 aliphatic rings. The van der Waals surface area contributed by atoms with Crippen LogP contribution < -0.4 is 11.1 Å². The highest BCUT2D eigenvalue weighted by atomic mass is 32.1. The molecule has 3 N–H and O–H groups in total. The number of thiocarbonyl (C=S) groups is 1. The maximum atomic E-state index is 12.1. The van der Waals surface area contributed by atoms with Crippen LogP contribution in [0.4, 0.5) is 0 Å². The van der Waals surface area contributed by atoms with Crippen molar-refractivity contribution in [2.24, 2.45) is 17.1 Å². The molecular weight excluding hydrogens is 220 g/mol. The monoisotopic (exact) mass is 240 g/mol. The average molecular weight is 240 g/mol. The van der Waals surface area contributed by atoms with Gasteiger partial charge in [0.2, 0.25) is 5.91 Å². The lowest BCUT2D eigenvalue weighted by Crippen LogP contribution is -2.45. The molecule has 0 radical (unpaired) electrons. The molecule has 0 heterocycles. The Morgan fingerprint density at radius 3 is 2.62 bits per heavy atom. The van der Waals surface area contributed by atoms with Gasteiger partial charge < -0.3 is 11.1 Å². The highest BCUT2D eigenvalue weighted by molar-refractivity contribution is 7.80. The van der Waals surface area contributed by atoms with E-state index in [1.807, 2.05) is 0 Å². The van der Waals surface area contributed by atoms with Crippen LogP contribution in [0.2, 0.25) is 0 Å². The van der Waals surface area contributed by atoms with Crippen molar-refractivity contribution in [1.82, 2.24) is 5.32 Å². The van der Waals surface area contributed by atoms with Gasteiger partial charge in [-0.2, -0.15) is 0 Å². The van der Waals surface area contributed by atoms with Crippen molar-refractivity contribution in [2.75, 3.05) is 0 Å². The Bertz CT molecular complexity index is 312. The van der Waals surface area contributed by atoms with Gasteiger partial charge in [-0.25, -0.2) is 0 Å². The fraction of sp³-hybridized carbons (Fsp3) is 0.833. The first-order chi connectivity index (χ1) is 7.54. The van der Waals surface area contributed by atoms with Gasteiger partial charge in [-0.3, -0.25) is 4.79 Å². The number of hydrogen-bond donors (Lipinski definition) is 2. The molecule has 2 atom stereocenters. The summed E-state index contributed by atoms with van der Waals surface area (Å²) in [6.45, 7) is 2.25. The molecule has 16 heavy (non-hydrogen) atoms. The fourth-order valence-corrected chi connectivity index (χ4v) is 2.90. The minimum absolute atomic E-state index is 0.0686. The van der Waals surface area contributed by atoms with Crippen LogP contribution in [0.15, 0.2) is 0 Å². The fourth-order valence-electron chi connectivity index (χ4n) is 2.60. The Kier molecular flexibility index (Phi) is 3.19. The quantitative estimate of drug-likeness (QED) is 0.739.